The Labute approximate surface area is 152 Å². The number of carbonyl (C=O) groups excluding carboxylic acids is 1. The van der Waals surface area contributed by atoms with Gasteiger partial charge in [-0.2, -0.15) is 0 Å². The van der Waals surface area contributed by atoms with Crippen LogP contribution in [-0.4, -0.2) is 27.8 Å². The average Bonchev–Trinajstić information content (AvgIpc) is 3.05. The molecule has 0 fully saturated rings. The van der Waals surface area contributed by atoms with Gasteiger partial charge in [0.25, 0.3) is 5.91 Å². The van der Waals surface area contributed by atoms with Crippen LogP contribution in [0.2, 0.25) is 0 Å². The molecule has 0 spiro atoms. The highest BCUT2D eigenvalue weighted by molar-refractivity contribution is 7.11. The van der Waals surface area contributed by atoms with Crippen molar-refractivity contribution in [3.8, 4) is 0 Å². The van der Waals surface area contributed by atoms with Gasteiger partial charge in [-0.15, -0.1) is 11.3 Å². The van der Waals surface area contributed by atoms with E-state index in [1.165, 1.54) is 16.0 Å². The van der Waals surface area contributed by atoms with Crippen LogP contribution in [0.5, 0.6) is 0 Å². The third kappa shape index (κ3) is 2.97. The molecule has 3 aromatic rings. The Balaban J connectivity index is 2.00. The largest absolute Gasteiger partial charge is 0.350 e. The van der Waals surface area contributed by atoms with Gasteiger partial charge in [0.2, 0.25) is 0 Å². The van der Waals surface area contributed by atoms with Gasteiger partial charge in [-0.05, 0) is 58.7 Å². The van der Waals surface area contributed by atoms with Gasteiger partial charge in [-0.3, -0.25) is 4.79 Å². The van der Waals surface area contributed by atoms with E-state index in [1.807, 2.05) is 27.8 Å². The van der Waals surface area contributed by atoms with Crippen LogP contribution in [0.15, 0.2) is 12.1 Å². The molecule has 1 aromatic carbocycles. The molecule has 0 aliphatic heterocycles. The minimum atomic E-state index is -0.0638. The first-order chi connectivity index (χ1) is 11.7. The predicted octanol–water partition coefficient (Wildman–Crippen LogP) is 5.00. The van der Waals surface area contributed by atoms with Crippen LogP contribution in [0.1, 0.15) is 55.7 Å². The molecule has 5 heteroatoms. The average molecular weight is 356 g/mol. The number of carbonyl (C=O) groups is 1. The lowest BCUT2D eigenvalue weighted by molar-refractivity contribution is 0.0734. The minimum absolute atomic E-state index is 0.00306. The predicted molar refractivity (Wildman–Crippen MR) is 105 cm³/mol. The van der Waals surface area contributed by atoms with E-state index in [9.17, 15) is 4.79 Å². The number of H-pyrrole nitrogens is 1. The van der Waals surface area contributed by atoms with Crippen molar-refractivity contribution in [1.29, 1.82) is 0 Å². The van der Waals surface area contributed by atoms with Crippen LogP contribution < -0.4 is 0 Å². The first kappa shape index (κ1) is 17.7. The standard InChI is InChI=1S/C20H25N3OS/c1-10-8-11(2)17-16(9-10)12(3)18(22-17)20(24)23(7)13(4)19-14(5)25-15(6)21-19/h8-9,13,22H,1-7H3. The molecule has 0 saturated carbocycles. The quantitative estimate of drug-likeness (QED) is 0.719. The first-order valence-electron chi connectivity index (χ1n) is 8.51. The fourth-order valence-electron chi connectivity index (χ4n) is 3.46. The summed E-state index contributed by atoms with van der Waals surface area (Å²) in [6, 6.07) is 4.22. The highest BCUT2D eigenvalue weighted by atomic mass is 32.1. The van der Waals surface area contributed by atoms with Crippen molar-refractivity contribution in [2.75, 3.05) is 7.05 Å². The molecule has 1 atom stereocenters. The zero-order valence-corrected chi connectivity index (χ0v) is 16.8. The Hall–Kier alpha value is -2.14. The van der Waals surface area contributed by atoms with Crippen LogP contribution in [0.4, 0.5) is 0 Å². The number of benzene rings is 1. The van der Waals surface area contributed by atoms with Crippen LogP contribution >= 0.6 is 11.3 Å². The van der Waals surface area contributed by atoms with Crippen LogP contribution in [0, 0.1) is 34.6 Å². The zero-order chi connectivity index (χ0) is 18.5. The first-order valence-corrected chi connectivity index (χ1v) is 9.33. The SMILES string of the molecule is Cc1cc(C)c2[nH]c(C(=O)N(C)C(C)c3nc(C)sc3C)c(C)c2c1. The van der Waals surface area contributed by atoms with Gasteiger partial charge in [0, 0.05) is 22.8 Å². The summed E-state index contributed by atoms with van der Waals surface area (Å²) in [5.74, 6) is 0.00306. The Morgan fingerprint density at radius 1 is 1.20 bits per heavy atom. The maximum atomic E-state index is 13.1. The van der Waals surface area contributed by atoms with E-state index in [0.29, 0.717) is 5.69 Å². The van der Waals surface area contributed by atoms with Crippen LogP contribution in [0.3, 0.4) is 0 Å². The number of thiazole rings is 1. The van der Waals surface area contributed by atoms with Crippen LogP contribution in [-0.2, 0) is 0 Å². The third-order valence-electron chi connectivity index (χ3n) is 4.96. The second-order valence-corrected chi connectivity index (χ2v) is 8.30. The van der Waals surface area contributed by atoms with E-state index in [-0.39, 0.29) is 11.9 Å². The maximum absolute atomic E-state index is 13.1. The molecule has 25 heavy (non-hydrogen) atoms. The molecule has 0 radical (unpaired) electrons. The zero-order valence-electron chi connectivity index (χ0n) is 15.9. The van der Waals surface area contributed by atoms with Crippen molar-refractivity contribution >= 4 is 28.1 Å². The lowest BCUT2D eigenvalue weighted by atomic mass is 10.1. The minimum Gasteiger partial charge on any atom is -0.350 e. The Bertz CT molecular complexity index is 967. The number of nitrogens with zero attached hydrogens (tertiary/aromatic N) is 2. The molecule has 0 aliphatic rings. The Kier molecular flexibility index (Phi) is 4.45. The summed E-state index contributed by atoms with van der Waals surface area (Å²) in [4.78, 5) is 24.1. The summed E-state index contributed by atoms with van der Waals surface area (Å²) in [7, 11) is 1.85. The van der Waals surface area contributed by atoms with Gasteiger partial charge in [0.1, 0.15) is 5.69 Å². The number of fused-ring (bicyclic) bond motifs is 1. The summed E-state index contributed by atoms with van der Waals surface area (Å²) in [5.41, 5.74) is 6.09. The highest BCUT2D eigenvalue weighted by Gasteiger charge is 2.25. The second kappa shape index (κ2) is 6.30. The Morgan fingerprint density at radius 2 is 1.88 bits per heavy atom. The van der Waals surface area contributed by atoms with Gasteiger partial charge in [0.15, 0.2) is 0 Å². The number of amides is 1. The van der Waals surface area contributed by atoms with E-state index in [0.717, 1.165) is 27.2 Å². The molecule has 3 rings (SSSR count). The number of rotatable bonds is 3. The molecule has 0 saturated heterocycles. The molecule has 1 amide bonds. The summed E-state index contributed by atoms with van der Waals surface area (Å²) in [6.45, 7) is 12.3. The summed E-state index contributed by atoms with van der Waals surface area (Å²) in [5, 5.41) is 2.16. The van der Waals surface area contributed by atoms with Crippen molar-refractivity contribution in [2.24, 2.45) is 0 Å². The third-order valence-corrected chi connectivity index (χ3v) is 5.86. The van der Waals surface area contributed by atoms with Gasteiger partial charge in [-0.25, -0.2) is 4.98 Å². The van der Waals surface area contributed by atoms with Gasteiger partial charge >= 0.3 is 0 Å². The number of aromatic nitrogens is 2. The van der Waals surface area contributed by atoms with Crippen molar-refractivity contribution in [3.63, 3.8) is 0 Å². The molecule has 2 heterocycles. The monoisotopic (exact) mass is 355 g/mol. The van der Waals surface area contributed by atoms with Crippen molar-refractivity contribution in [3.05, 3.63) is 50.1 Å². The lowest BCUT2D eigenvalue weighted by Gasteiger charge is -2.24. The molecule has 0 bridgehead atoms. The normalized spacial score (nSPS) is 12.6. The number of nitrogens with one attached hydrogen (secondary N) is 1. The smallest absolute Gasteiger partial charge is 0.270 e. The molecule has 2 aromatic heterocycles. The Morgan fingerprint density at radius 3 is 2.48 bits per heavy atom. The molecule has 1 unspecified atom stereocenters. The molecular weight excluding hydrogens is 330 g/mol. The van der Waals surface area contributed by atoms with E-state index in [1.54, 1.807) is 16.2 Å². The summed E-state index contributed by atoms with van der Waals surface area (Å²) >= 11 is 1.68. The van der Waals surface area contributed by atoms with Crippen molar-refractivity contribution < 1.29 is 4.79 Å². The molecule has 1 N–H and O–H groups in total. The topological polar surface area (TPSA) is 49.0 Å². The van der Waals surface area contributed by atoms with Gasteiger partial charge in [0.05, 0.1) is 16.7 Å². The second-order valence-electron chi connectivity index (χ2n) is 6.90. The number of hydrogen-bond acceptors (Lipinski definition) is 3. The fourth-order valence-corrected chi connectivity index (χ4v) is 4.37. The van der Waals surface area contributed by atoms with Crippen molar-refractivity contribution in [1.82, 2.24) is 14.9 Å². The molecule has 132 valence electrons. The number of aryl methyl sites for hydroxylation is 5. The molecule has 0 aliphatic carbocycles. The van der Waals surface area contributed by atoms with Crippen molar-refractivity contribution in [2.45, 2.75) is 47.6 Å². The van der Waals surface area contributed by atoms with Gasteiger partial charge in [-0.1, -0.05) is 11.6 Å². The fraction of sp³-hybridized carbons (Fsp3) is 0.400. The van der Waals surface area contributed by atoms with Gasteiger partial charge < -0.3 is 9.88 Å². The summed E-state index contributed by atoms with van der Waals surface area (Å²) in [6.07, 6.45) is 0. The number of hydrogen-bond donors (Lipinski definition) is 1. The molecular formula is C20H25N3OS. The van der Waals surface area contributed by atoms with E-state index in [4.69, 9.17) is 0 Å². The van der Waals surface area contributed by atoms with E-state index < -0.39 is 0 Å². The van der Waals surface area contributed by atoms with Crippen LogP contribution in [0.25, 0.3) is 10.9 Å². The molecule has 4 nitrogen and oxygen atoms in total. The summed E-state index contributed by atoms with van der Waals surface area (Å²) < 4.78 is 0. The van der Waals surface area contributed by atoms with E-state index in [2.05, 4.69) is 42.9 Å². The number of aromatic amines is 1. The van der Waals surface area contributed by atoms with E-state index >= 15 is 0 Å². The maximum Gasteiger partial charge on any atom is 0.270 e. The lowest BCUT2D eigenvalue weighted by Crippen LogP contribution is -2.31. The highest BCUT2D eigenvalue weighted by Crippen LogP contribution is 2.30.